The molecule has 0 aliphatic rings. The highest BCUT2D eigenvalue weighted by Gasteiger charge is 2.26. The molecule has 1 amide bonds. The van der Waals surface area contributed by atoms with Crippen LogP contribution >= 0.6 is 11.6 Å². The second-order valence-corrected chi connectivity index (χ2v) is 13.0. The van der Waals surface area contributed by atoms with Crippen LogP contribution in [0.15, 0.2) is 47.3 Å². The molecule has 3 aromatic rings. The van der Waals surface area contributed by atoms with Gasteiger partial charge in [0, 0.05) is 41.1 Å². The summed E-state index contributed by atoms with van der Waals surface area (Å²) >= 11 is 6.18. The van der Waals surface area contributed by atoms with Gasteiger partial charge in [0.15, 0.2) is 15.6 Å². The van der Waals surface area contributed by atoms with Gasteiger partial charge in [0.05, 0.1) is 22.5 Å². The molecule has 0 spiro atoms. The van der Waals surface area contributed by atoms with Crippen molar-refractivity contribution in [2.45, 2.75) is 52.0 Å². The first-order valence-electron chi connectivity index (χ1n) is 12.4. The van der Waals surface area contributed by atoms with E-state index >= 15 is 0 Å². The predicted octanol–water partition coefficient (Wildman–Crippen LogP) is 4.99. The lowest BCUT2D eigenvalue weighted by Gasteiger charge is -2.23. The maximum Gasteiger partial charge on any atom is 0.408 e. The number of benzene rings is 2. The van der Waals surface area contributed by atoms with Gasteiger partial charge in [-0.15, -0.1) is 0 Å². The molecule has 0 aliphatic carbocycles. The van der Waals surface area contributed by atoms with Crippen LogP contribution in [-0.4, -0.2) is 41.4 Å². The SMILES string of the molecule is CCS(=O)(=O)Cc1ccc(C(=O)c2ccc(F)cc2Cl)c(-c2nn(C)c(=O)cc2C(C)NC(=O)OC(C)(C)C)c1. The van der Waals surface area contributed by atoms with E-state index in [1.165, 1.54) is 44.3 Å². The van der Waals surface area contributed by atoms with Crippen molar-refractivity contribution in [1.82, 2.24) is 15.1 Å². The van der Waals surface area contributed by atoms with E-state index < -0.39 is 44.7 Å². The van der Waals surface area contributed by atoms with Gasteiger partial charge >= 0.3 is 6.09 Å². The zero-order valence-electron chi connectivity index (χ0n) is 23.0. The zero-order chi connectivity index (χ0) is 30.0. The number of ketones is 1. The van der Waals surface area contributed by atoms with Crippen LogP contribution in [0.5, 0.6) is 0 Å². The van der Waals surface area contributed by atoms with E-state index in [1.54, 1.807) is 27.7 Å². The Morgan fingerprint density at radius 2 is 1.77 bits per heavy atom. The van der Waals surface area contributed by atoms with Crippen molar-refractivity contribution in [2.24, 2.45) is 7.05 Å². The molecular formula is C28H31ClFN3O6S. The molecule has 0 saturated heterocycles. The fraction of sp³-hybridized carbons (Fsp3) is 0.357. The minimum Gasteiger partial charge on any atom is -0.444 e. The third-order valence-electron chi connectivity index (χ3n) is 5.91. The molecule has 214 valence electrons. The van der Waals surface area contributed by atoms with Crippen LogP contribution in [0.4, 0.5) is 9.18 Å². The predicted molar refractivity (Wildman–Crippen MR) is 151 cm³/mol. The van der Waals surface area contributed by atoms with Gasteiger partial charge in [-0.05, 0) is 57.5 Å². The van der Waals surface area contributed by atoms with E-state index in [2.05, 4.69) is 10.4 Å². The second kappa shape index (κ2) is 11.9. The Kier molecular flexibility index (Phi) is 9.21. The van der Waals surface area contributed by atoms with E-state index in [4.69, 9.17) is 16.3 Å². The first kappa shape index (κ1) is 31.0. The summed E-state index contributed by atoms with van der Waals surface area (Å²) in [5.74, 6) is -1.58. The smallest absolute Gasteiger partial charge is 0.408 e. The number of hydrogen-bond acceptors (Lipinski definition) is 7. The Labute approximate surface area is 237 Å². The van der Waals surface area contributed by atoms with Crippen LogP contribution in [0.2, 0.25) is 5.02 Å². The highest BCUT2D eigenvalue weighted by molar-refractivity contribution is 7.90. The maximum absolute atomic E-state index is 13.7. The number of aryl methyl sites for hydroxylation is 1. The number of alkyl carbamates (subject to hydrolysis) is 1. The lowest BCUT2D eigenvalue weighted by atomic mass is 9.92. The van der Waals surface area contributed by atoms with Crippen molar-refractivity contribution in [2.75, 3.05) is 5.75 Å². The summed E-state index contributed by atoms with van der Waals surface area (Å²) < 4.78 is 44.9. The van der Waals surface area contributed by atoms with Crippen molar-refractivity contribution in [3.8, 4) is 11.3 Å². The molecule has 9 nitrogen and oxygen atoms in total. The van der Waals surface area contributed by atoms with Gasteiger partial charge in [-0.1, -0.05) is 30.7 Å². The fourth-order valence-corrected chi connectivity index (χ4v) is 5.05. The quantitative estimate of drug-likeness (QED) is 0.366. The average Bonchev–Trinajstić information content (AvgIpc) is 2.83. The maximum atomic E-state index is 13.7. The van der Waals surface area contributed by atoms with Crippen LogP contribution in [-0.2, 0) is 27.4 Å². The van der Waals surface area contributed by atoms with Crippen molar-refractivity contribution in [3.63, 3.8) is 0 Å². The summed E-state index contributed by atoms with van der Waals surface area (Å²) in [6.45, 7) is 8.26. The lowest BCUT2D eigenvalue weighted by molar-refractivity contribution is 0.0507. The third-order valence-corrected chi connectivity index (χ3v) is 7.87. The topological polar surface area (TPSA) is 124 Å². The number of hydrogen-bond donors (Lipinski definition) is 1. The largest absolute Gasteiger partial charge is 0.444 e. The fourth-order valence-electron chi connectivity index (χ4n) is 3.90. The molecule has 12 heteroatoms. The van der Waals surface area contributed by atoms with E-state index in [9.17, 15) is 27.2 Å². The van der Waals surface area contributed by atoms with Crippen LogP contribution in [0, 0.1) is 5.82 Å². The second-order valence-electron chi connectivity index (χ2n) is 10.3. The number of aromatic nitrogens is 2. The molecule has 1 heterocycles. The molecular weight excluding hydrogens is 561 g/mol. The van der Waals surface area contributed by atoms with Gasteiger partial charge in [-0.2, -0.15) is 5.10 Å². The summed E-state index contributed by atoms with van der Waals surface area (Å²) in [4.78, 5) is 38.8. The number of carbonyl (C=O) groups excluding carboxylic acids is 2. The van der Waals surface area contributed by atoms with Crippen molar-refractivity contribution < 1.29 is 27.1 Å². The monoisotopic (exact) mass is 591 g/mol. The Bertz CT molecular complexity index is 1630. The van der Waals surface area contributed by atoms with Gasteiger partial charge < -0.3 is 10.1 Å². The molecule has 1 atom stereocenters. The first-order chi connectivity index (χ1) is 18.5. The molecule has 1 N–H and O–H groups in total. The zero-order valence-corrected chi connectivity index (χ0v) is 24.6. The van der Waals surface area contributed by atoms with Gasteiger partial charge in [0.2, 0.25) is 0 Å². The van der Waals surface area contributed by atoms with Crippen LogP contribution in [0.3, 0.4) is 0 Å². The summed E-state index contributed by atoms with van der Waals surface area (Å²) in [7, 11) is -2.02. The average molecular weight is 592 g/mol. The highest BCUT2D eigenvalue weighted by atomic mass is 35.5. The van der Waals surface area contributed by atoms with Crippen molar-refractivity contribution >= 4 is 33.3 Å². The van der Waals surface area contributed by atoms with Crippen LogP contribution in [0.25, 0.3) is 11.3 Å². The minimum absolute atomic E-state index is 0.0181. The molecule has 0 saturated carbocycles. The molecule has 0 fully saturated rings. The molecule has 2 aromatic carbocycles. The third kappa shape index (κ3) is 7.54. The van der Waals surface area contributed by atoms with E-state index in [0.717, 1.165) is 16.8 Å². The lowest BCUT2D eigenvalue weighted by Crippen LogP contribution is -2.35. The van der Waals surface area contributed by atoms with Crippen LogP contribution < -0.4 is 10.9 Å². The minimum atomic E-state index is -3.44. The molecule has 3 rings (SSSR count). The van der Waals surface area contributed by atoms with E-state index in [1.807, 2.05) is 0 Å². The normalized spacial score (nSPS) is 12.6. The number of rotatable bonds is 8. The molecule has 1 aromatic heterocycles. The number of nitrogens with zero attached hydrogens (tertiary/aromatic N) is 2. The Morgan fingerprint density at radius 1 is 1.12 bits per heavy atom. The number of amides is 1. The van der Waals surface area contributed by atoms with Crippen molar-refractivity contribution in [1.29, 1.82) is 0 Å². The van der Waals surface area contributed by atoms with Gasteiger partial charge in [0.25, 0.3) is 5.56 Å². The first-order valence-corrected chi connectivity index (χ1v) is 14.6. The van der Waals surface area contributed by atoms with Crippen molar-refractivity contribution in [3.05, 3.63) is 85.9 Å². The van der Waals surface area contributed by atoms with Gasteiger partial charge in [-0.3, -0.25) is 9.59 Å². The summed E-state index contributed by atoms with van der Waals surface area (Å²) in [5, 5.41) is 6.96. The molecule has 0 aliphatic heterocycles. The molecule has 40 heavy (non-hydrogen) atoms. The number of ether oxygens (including phenoxy) is 1. The van der Waals surface area contributed by atoms with Gasteiger partial charge in [0.1, 0.15) is 11.4 Å². The molecule has 0 radical (unpaired) electrons. The van der Waals surface area contributed by atoms with E-state index in [-0.39, 0.29) is 44.5 Å². The Morgan fingerprint density at radius 3 is 2.38 bits per heavy atom. The highest BCUT2D eigenvalue weighted by Crippen LogP contribution is 2.32. The van der Waals surface area contributed by atoms with E-state index in [0.29, 0.717) is 5.56 Å². The summed E-state index contributed by atoms with van der Waals surface area (Å²) in [5.41, 5.74) is -0.134. The number of nitrogens with one attached hydrogen (secondary N) is 1. The standard InChI is InChI=1S/C28H31ClFN3O6S/c1-7-40(37,38)15-17-8-10-19(26(35)20-11-9-18(30)13-23(20)29)22(12-17)25-21(14-24(34)33(6)32-25)16(2)31-27(36)39-28(3,4)5/h8-14,16H,7,15H2,1-6H3,(H,31,36). The van der Waals surface area contributed by atoms with Gasteiger partial charge in [-0.25, -0.2) is 22.3 Å². The van der Waals surface area contributed by atoms with Crippen LogP contribution in [0.1, 0.15) is 67.7 Å². The Balaban J connectivity index is 2.25. The summed E-state index contributed by atoms with van der Waals surface area (Å²) in [6.07, 6.45) is -0.733. The number of sulfone groups is 1. The Hall–Kier alpha value is -3.57. The number of carbonyl (C=O) groups is 2. The molecule has 0 bridgehead atoms. The molecule has 1 unspecified atom stereocenters. The number of halogens is 2. The summed E-state index contributed by atoms with van der Waals surface area (Å²) in [6, 6.07) is 8.30.